The molecule has 132 valence electrons. The van der Waals surface area contributed by atoms with E-state index in [9.17, 15) is 31.1 Å². The number of nitrogens with one attached hydrogen (secondary N) is 1. The zero-order valence-corrected chi connectivity index (χ0v) is 15.5. The second-order valence-corrected chi connectivity index (χ2v) is 9.66. The molecule has 0 amide bonds. The van der Waals surface area contributed by atoms with Crippen LogP contribution < -0.4 is 25.0 Å². The number of alkyl halides is 8. The topological polar surface area (TPSA) is 68.5 Å². The van der Waals surface area contributed by atoms with Crippen LogP contribution in [0.25, 0.3) is 0 Å². The maximum absolute atomic E-state index is 12.6. The molecule has 0 saturated carbocycles. The molecule has 12 heteroatoms. The number of hydrogen-bond acceptors (Lipinski definition) is 4. The standard InChI is InChI=1S/C10H12F6I2NO3/c1-4(22-6(20)7(2,17)5-18-19-5)3-8(21,9(11,12)13)10(14,15)16/h4-5,19,21H,3H2,1-2H3/q-1. The third-order valence-corrected chi connectivity index (χ3v) is 7.67. The van der Waals surface area contributed by atoms with Gasteiger partial charge in [-0.3, -0.25) is 0 Å². The summed E-state index contributed by atoms with van der Waals surface area (Å²) in [6.45, 7) is 2.36. The number of halogens is 8. The van der Waals surface area contributed by atoms with Gasteiger partial charge >= 0.3 is 146 Å². The number of ether oxygens (including phenoxy) is 1. The molecule has 0 aliphatic carbocycles. The van der Waals surface area contributed by atoms with E-state index in [2.05, 4.69) is 8.27 Å². The van der Waals surface area contributed by atoms with Gasteiger partial charge in [0.2, 0.25) is 0 Å². The molecule has 22 heavy (non-hydrogen) atoms. The van der Waals surface area contributed by atoms with Gasteiger partial charge in [-0.05, 0) is 0 Å². The minimum atomic E-state index is -5.93. The molecular formula is C10H12F6I2NO3-. The molecule has 0 bridgehead atoms. The molecular weight excluding hydrogens is 550 g/mol. The van der Waals surface area contributed by atoms with Crippen molar-refractivity contribution in [3.05, 3.63) is 0 Å². The van der Waals surface area contributed by atoms with E-state index in [1.165, 1.54) is 6.92 Å². The van der Waals surface area contributed by atoms with Crippen molar-refractivity contribution in [2.24, 2.45) is 0 Å². The Bertz CT molecular complexity index is 421. The van der Waals surface area contributed by atoms with Crippen molar-refractivity contribution in [3.63, 3.8) is 0 Å². The molecule has 3 unspecified atom stereocenters. The Labute approximate surface area is 146 Å². The van der Waals surface area contributed by atoms with Crippen LogP contribution in [-0.4, -0.2) is 42.6 Å². The van der Waals surface area contributed by atoms with Gasteiger partial charge in [0, 0.05) is 0 Å². The van der Waals surface area contributed by atoms with Gasteiger partial charge in [0.15, 0.2) is 0 Å². The quantitative estimate of drug-likeness (QED) is 0.0886. The molecule has 0 aromatic carbocycles. The van der Waals surface area contributed by atoms with Crippen LogP contribution in [0, 0.1) is 0 Å². The monoisotopic (exact) mass is 562 g/mol. The van der Waals surface area contributed by atoms with Crippen LogP contribution in [0.15, 0.2) is 0 Å². The summed E-state index contributed by atoms with van der Waals surface area (Å²) >= 11 is 1.33. The van der Waals surface area contributed by atoms with E-state index in [0.29, 0.717) is 0 Å². The summed E-state index contributed by atoms with van der Waals surface area (Å²) in [7, 11) is 0. The van der Waals surface area contributed by atoms with Crippen LogP contribution >= 0.6 is 22.6 Å². The van der Waals surface area contributed by atoms with E-state index in [-0.39, 0.29) is 4.05 Å². The molecule has 4 nitrogen and oxygen atoms in total. The van der Waals surface area contributed by atoms with Gasteiger partial charge in [-0.25, -0.2) is 0 Å². The normalized spacial score (nSPS) is 24.0. The van der Waals surface area contributed by atoms with Crippen molar-refractivity contribution >= 4 is 28.6 Å². The third kappa shape index (κ3) is 4.28. The van der Waals surface area contributed by atoms with E-state index >= 15 is 0 Å². The summed E-state index contributed by atoms with van der Waals surface area (Å²) in [5.41, 5.74) is -4.92. The van der Waals surface area contributed by atoms with Crippen LogP contribution in [0.5, 0.6) is 0 Å². The molecule has 1 heterocycles. The van der Waals surface area contributed by atoms with Gasteiger partial charge in [0.1, 0.15) is 0 Å². The first-order valence-corrected chi connectivity index (χ1v) is 9.17. The predicted molar refractivity (Wildman–Crippen MR) is 66.6 cm³/mol. The molecule has 0 aromatic heterocycles. The van der Waals surface area contributed by atoms with Crippen molar-refractivity contribution in [1.82, 2.24) is 3.53 Å². The fourth-order valence-corrected chi connectivity index (χ4v) is 4.80. The van der Waals surface area contributed by atoms with Gasteiger partial charge in [-0.15, -0.1) is 0 Å². The number of esters is 1. The molecule has 0 radical (unpaired) electrons. The molecule has 1 saturated heterocycles. The molecule has 1 aliphatic heterocycles. The number of rotatable bonds is 5. The molecule has 1 aliphatic rings. The van der Waals surface area contributed by atoms with Gasteiger partial charge in [0.05, 0.1) is 0 Å². The second kappa shape index (κ2) is 6.38. The summed E-state index contributed by atoms with van der Waals surface area (Å²) in [4.78, 5) is 11.8. The first-order chi connectivity index (χ1) is 9.63. The van der Waals surface area contributed by atoms with E-state index in [1.54, 1.807) is 22.6 Å². The Kier molecular flexibility index (Phi) is 5.94. The van der Waals surface area contributed by atoms with Crippen molar-refractivity contribution in [2.45, 2.75) is 51.8 Å². The molecule has 0 spiro atoms. The summed E-state index contributed by atoms with van der Waals surface area (Å²) in [5, 5.41) is 9.04. The third-order valence-electron chi connectivity index (χ3n) is 2.92. The van der Waals surface area contributed by atoms with Crippen LogP contribution in [-0.2, 0) is 9.53 Å². The van der Waals surface area contributed by atoms with Crippen LogP contribution in [0.2, 0.25) is 0 Å². The SMILES string of the molecule is CC(CC(O)(C(F)(F)F)C(F)(F)F)OC(=O)C(C)(I)C1N[I-]1. The average molecular weight is 562 g/mol. The van der Waals surface area contributed by atoms with Crippen molar-refractivity contribution in [3.8, 4) is 0 Å². The summed E-state index contributed by atoms with van der Waals surface area (Å²) in [6, 6.07) is 0. The molecule has 0 aromatic rings. The van der Waals surface area contributed by atoms with E-state index in [0.717, 1.165) is 6.92 Å². The van der Waals surface area contributed by atoms with Crippen LogP contribution in [0.4, 0.5) is 26.3 Å². The van der Waals surface area contributed by atoms with Crippen molar-refractivity contribution < 1.29 is 62.5 Å². The first kappa shape index (κ1) is 20.5. The predicted octanol–water partition coefficient (Wildman–Crippen LogP) is -0.709. The molecule has 3 atom stereocenters. The van der Waals surface area contributed by atoms with E-state index < -0.39 is 61.3 Å². The first-order valence-electron chi connectivity index (χ1n) is 5.76. The van der Waals surface area contributed by atoms with Crippen LogP contribution in [0.1, 0.15) is 20.3 Å². The zero-order valence-electron chi connectivity index (χ0n) is 11.1. The Morgan fingerprint density at radius 3 is 2.05 bits per heavy atom. The fourth-order valence-electron chi connectivity index (χ4n) is 1.49. The van der Waals surface area contributed by atoms with Crippen LogP contribution in [0.3, 0.4) is 0 Å². The molecule has 2 N–H and O–H groups in total. The summed E-state index contributed by atoms with van der Waals surface area (Å²) < 4.78 is 81.7. The fraction of sp³-hybridized carbons (Fsp3) is 0.900. The van der Waals surface area contributed by atoms with E-state index in [1.807, 2.05) is 0 Å². The summed E-state index contributed by atoms with van der Waals surface area (Å²) in [6.07, 6.45) is -15.4. The number of aliphatic hydroxyl groups is 1. The Morgan fingerprint density at radius 1 is 1.32 bits per heavy atom. The Morgan fingerprint density at radius 2 is 1.73 bits per heavy atom. The molecule has 1 fully saturated rings. The van der Waals surface area contributed by atoms with Gasteiger partial charge < -0.3 is 0 Å². The maximum atomic E-state index is 12.6. The van der Waals surface area contributed by atoms with Crippen molar-refractivity contribution in [2.75, 3.05) is 0 Å². The number of carbonyl (C=O) groups is 1. The second-order valence-electron chi connectivity index (χ2n) is 4.93. The average Bonchev–Trinajstić information content (AvgIpc) is 3.08. The zero-order chi connectivity index (χ0) is 17.6. The van der Waals surface area contributed by atoms with Crippen molar-refractivity contribution in [1.29, 1.82) is 0 Å². The number of carbonyl (C=O) groups excluding carboxylic acids is 1. The molecule has 1 rings (SSSR count). The van der Waals surface area contributed by atoms with E-state index in [4.69, 9.17) is 5.11 Å². The van der Waals surface area contributed by atoms with Gasteiger partial charge in [0.25, 0.3) is 0 Å². The minimum absolute atomic E-state index is 0.143. The Hall–Kier alpha value is 0.430. The summed E-state index contributed by atoms with van der Waals surface area (Å²) in [5.74, 6) is -0.915. The number of hydrogen-bond donors (Lipinski definition) is 2. The Balaban J connectivity index is 2.81. The van der Waals surface area contributed by atoms with Gasteiger partial charge in [-0.2, -0.15) is 0 Å². The van der Waals surface area contributed by atoms with Gasteiger partial charge in [-0.1, -0.05) is 0 Å².